The van der Waals surface area contributed by atoms with Crippen LogP contribution in [0.1, 0.15) is 5.69 Å². The summed E-state index contributed by atoms with van der Waals surface area (Å²) < 4.78 is 9.92. The monoisotopic (exact) mass is 182 g/mol. The van der Waals surface area contributed by atoms with E-state index in [1.54, 1.807) is 12.1 Å². The number of nitrogens with zero attached hydrogens (tertiary/aromatic N) is 2. The smallest absolute Gasteiger partial charge is 0.257 e. The van der Waals surface area contributed by atoms with E-state index in [1.165, 1.54) is 20.4 Å². The average molecular weight is 182 g/mol. The molecular formula is C8H10N2O3. The molecule has 0 amide bonds. The third-order valence-electron chi connectivity index (χ3n) is 1.45. The fourth-order valence-electron chi connectivity index (χ4n) is 0.875. The van der Waals surface area contributed by atoms with E-state index >= 15 is 0 Å². The fraction of sp³-hybridized carbons (Fsp3) is 0.250. The molecule has 0 atom stereocenters. The van der Waals surface area contributed by atoms with Crippen molar-refractivity contribution in [2.24, 2.45) is 5.16 Å². The number of pyridine rings is 1. The molecule has 1 aromatic rings. The van der Waals surface area contributed by atoms with Crippen molar-refractivity contribution in [3.8, 4) is 11.6 Å². The second kappa shape index (κ2) is 4.30. The minimum Gasteiger partial charge on any atom is -0.491 e. The number of hydrogen-bond donors (Lipinski definition) is 1. The molecule has 0 saturated heterocycles. The predicted octanol–water partition coefficient (Wildman–Crippen LogP) is 0.907. The van der Waals surface area contributed by atoms with Crippen LogP contribution in [0, 0.1) is 0 Å². The molecule has 0 saturated carbocycles. The second-order valence-corrected chi connectivity index (χ2v) is 2.19. The zero-order valence-electron chi connectivity index (χ0n) is 7.39. The molecule has 0 bridgehead atoms. The lowest BCUT2D eigenvalue weighted by molar-refractivity contribution is 0.321. The number of oxime groups is 1. The molecule has 0 aromatic carbocycles. The molecule has 5 nitrogen and oxygen atoms in total. The van der Waals surface area contributed by atoms with Crippen molar-refractivity contribution in [3.63, 3.8) is 0 Å². The van der Waals surface area contributed by atoms with E-state index in [0.717, 1.165) is 0 Å². The van der Waals surface area contributed by atoms with Crippen molar-refractivity contribution in [3.05, 3.63) is 17.8 Å². The summed E-state index contributed by atoms with van der Waals surface area (Å²) in [4.78, 5) is 4.00. The Hall–Kier alpha value is -1.78. The van der Waals surface area contributed by atoms with Crippen LogP contribution in [0.2, 0.25) is 0 Å². The second-order valence-electron chi connectivity index (χ2n) is 2.19. The highest BCUT2D eigenvalue weighted by Gasteiger charge is 2.04. The maximum absolute atomic E-state index is 8.27. The van der Waals surface area contributed by atoms with Crippen molar-refractivity contribution in [2.75, 3.05) is 14.2 Å². The van der Waals surface area contributed by atoms with Crippen LogP contribution in [0.5, 0.6) is 11.6 Å². The zero-order chi connectivity index (χ0) is 9.68. The van der Waals surface area contributed by atoms with Crippen LogP contribution < -0.4 is 9.47 Å². The van der Waals surface area contributed by atoms with Gasteiger partial charge in [-0.1, -0.05) is 5.16 Å². The maximum atomic E-state index is 8.27. The highest BCUT2D eigenvalue weighted by Crippen LogP contribution is 2.23. The van der Waals surface area contributed by atoms with Crippen LogP contribution in [-0.2, 0) is 0 Å². The first-order valence-corrected chi connectivity index (χ1v) is 3.58. The van der Waals surface area contributed by atoms with Gasteiger partial charge in [0.25, 0.3) is 5.88 Å². The Labute approximate surface area is 75.6 Å². The molecule has 1 heterocycles. The van der Waals surface area contributed by atoms with Gasteiger partial charge in [0, 0.05) is 0 Å². The van der Waals surface area contributed by atoms with Crippen LogP contribution >= 0.6 is 0 Å². The van der Waals surface area contributed by atoms with Crippen LogP contribution in [0.15, 0.2) is 17.3 Å². The van der Waals surface area contributed by atoms with Crippen molar-refractivity contribution in [2.45, 2.75) is 0 Å². The van der Waals surface area contributed by atoms with E-state index in [0.29, 0.717) is 17.3 Å². The van der Waals surface area contributed by atoms with Gasteiger partial charge in [0.2, 0.25) is 0 Å². The zero-order valence-corrected chi connectivity index (χ0v) is 7.39. The molecule has 5 heteroatoms. The minimum atomic E-state index is 0.361. The third-order valence-corrected chi connectivity index (χ3v) is 1.45. The molecule has 13 heavy (non-hydrogen) atoms. The van der Waals surface area contributed by atoms with Gasteiger partial charge in [-0.3, -0.25) is 0 Å². The molecular weight excluding hydrogens is 172 g/mol. The summed E-state index contributed by atoms with van der Waals surface area (Å²) in [6.45, 7) is 0. The molecule has 1 aromatic heterocycles. The van der Waals surface area contributed by atoms with Crippen molar-refractivity contribution in [1.29, 1.82) is 0 Å². The summed E-state index contributed by atoms with van der Waals surface area (Å²) in [6, 6.07) is 3.34. The van der Waals surface area contributed by atoms with Gasteiger partial charge in [0.15, 0.2) is 5.75 Å². The number of aromatic nitrogens is 1. The van der Waals surface area contributed by atoms with Gasteiger partial charge in [-0.15, -0.1) is 0 Å². The molecule has 0 radical (unpaired) electrons. The van der Waals surface area contributed by atoms with E-state index in [1.807, 2.05) is 0 Å². The number of rotatable bonds is 3. The summed E-state index contributed by atoms with van der Waals surface area (Å²) in [5.74, 6) is 0.900. The first-order valence-electron chi connectivity index (χ1n) is 3.58. The predicted molar refractivity (Wildman–Crippen MR) is 46.7 cm³/mol. The Morgan fingerprint density at radius 2 is 2.15 bits per heavy atom. The lowest BCUT2D eigenvalue weighted by Crippen LogP contribution is -1.96. The van der Waals surface area contributed by atoms with E-state index in [9.17, 15) is 0 Å². The maximum Gasteiger partial charge on any atom is 0.257 e. The summed E-state index contributed by atoms with van der Waals surface area (Å²) >= 11 is 0. The largest absolute Gasteiger partial charge is 0.491 e. The molecule has 0 fully saturated rings. The van der Waals surface area contributed by atoms with Crippen LogP contribution in [0.25, 0.3) is 0 Å². The molecule has 0 aliphatic heterocycles. The van der Waals surface area contributed by atoms with Crippen LogP contribution in [-0.4, -0.2) is 30.6 Å². The van der Waals surface area contributed by atoms with Crippen LogP contribution in [0.3, 0.4) is 0 Å². The standard InChI is InChI=1S/C8H10N2O3/c1-12-7-4-3-6(5-9-11)10-8(7)13-2/h3-5,11H,1-2H3/b9-5-. The van der Waals surface area contributed by atoms with Crippen molar-refractivity contribution < 1.29 is 14.7 Å². The average Bonchev–Trinajstić information content (AvgIpc) is 2.18. The SMILES string of the molecule is COc1ccc(/C=N\O)nc1OC. The molecule has 0 spiro atoms. The topological polar surface area (TPSA) is 63.9 Å². The summed E-state index contributed by atoms with van der Waals surface area (Å²) in [7, 11) is 3.02. The van der Waals surface area contributed by atoms with Gasteiger partial charge < -0.3 is 14.7 Å². The molecule has 0 aliphatic rings. The molecule has 0 aliphatic carbocycles. The number of methoxy groups -OCH3 is 2. The Bertz CT molecular complexity index is 312. The first-order chi connectivity index (χ1) is 6.31. The van der Waals surface area contributed by atoms with E-state index in [-0.39, 0.29) is 0 Å². The highest BCUT2D eigenvalue weighted by molar-refractivity contribution is 5.76. The van der Waals surface area contributed by atoms with Gasteiger partial charge in [0.1, 0.15) is 0 Å². The fourth-order valence-corrected chi connectivity index (χ4v) is 0.875. The third kappa shape index (κ3) is 2.08. The minimum absolute atomic E-state index is 0.361. The van der Waals surface area contributed by atoms with E-state index in [2.05, 4.69) is 10.1 Å². The Morgan fingerprint density at radius 3 is 2.69 bits per heavy atom. The lowest BCUT2D eigenvalue weighted by atomic mass is 10.3. The normalized spacial score (nSPS) is 10.3. The van der Waals surface area contributed by atoms with Gasteiger partial charge in [-0.2, -0.15) is 0 Å². The summed E-state index contributed by atoms with van der Waals surface area (Å²) in [6.07, 6.45) is 1.21. The van der Waals surface area contributed by atoms with Crippen molar-refractivity contribution >= 4 is 6.21 Å². The highest BCUT2D eigenvalue weighted by atomic mass is 16.5. The molecule has 1 rings (SSSR count). The van der Waals surface area contributed by atoms with E-state index in [4.69, 9.17) is 14.7 Å². The van der Waals surface area contributed by atoms with Gasteiger partial charge in [0.05, 0.1) is 26.1 Å². The molecule has 1 N–H and O–H groups in total. The Kier molecular flexibility index (Phi) is 3.08. The lowest BCUT2D eigenvalue weighted by Gasteiger charge is -2.05. The summed E-state index contributed by atoms with van der Waals surface area (Å²) in [5, 5.41) is 11.1. The van der Waals surface area contributed by atoms with Crippen molar-refractivity contribution in [1.82, 2.24) is 4.98 Å². The molecule has 70 valence electrons. The van der Waals surface area contributed by atoms with Gasteiger partial charge in [-0.25, -0.2) is 4.98 Å². The van der Waals surface area contributed by atoms with Crippen LogP contribution in [0.4, 0.5) is 0 Å². The van der Waals surface area contributed by atoms with Gasteiger partial charge >= 0.3 is 0 Å². The summed E-state index contributed by atoms with van der Waals surface area (Å²) in [5.41, 5.74) is 0.500. The molecule has 0 unspecified atom stereocenters. The van der Waals surface area contributed by atoms with E-state index < -0.39 is 0 Å². The Morgan fingerprint density at radius 1 is 1.38 bits per heavy atom. The van der Waals surface area contributed by atoms with Gasteiger partial charge in [-0.05, 0) is 12.1 Å². The Balaban J connectivity index is 3.05. The first kappa shape index (κ1) is 9.31. The number of hydrogen-bond acceptors (Lipinski definition) is 5. The quantitative estimate of drug-likeness (QED) is 0.428. The number of ether oxygens (including phenoxy) is 2.